The molecule has 0 aromatic heterocycles. The van der Waals surface area contributed by atoms with Gasteiger partial charge in [0, 0.05) is 17.9 Å². The predicted molar refractivity (Wildman–Crippen MR) is 139 cm³/mol. The van der Waals surface area contributed by atoms with Crippen LogP contribution in [0.1, 0.15) is 106 Å². The van der Waals surface area contributed by atoms with Gasteiger partial charge in [-0.1, -0.05) is 53.5 Å². The fourth-order valence-corrected chi connectivity index (χ4v) is 10.6. The highest BCUT2D eigenvalue weighted by molar-refractivity contribution is 5.96. The van der Waals surface area contributed by atoms with E-state index < -0.39 is 22.9 Å². The fraction of sp³-hybridized carbons (Fsp3) is 0.871. The Labute approximate surface area is 217 Å². The Bertz CT molecular complexity index is 999. The van der Waals surface area contributed by atoms with Crippen LogP contribution in [-0.4, -0.2) is 39.8 Å². The van der Waals surface area contributed by atoms with Crippen molar-refractivity contribution in [2.75, 3.05) is 6.61 Å². The zero-order chi connectivity index (χ0) is 26.5. The van der Waals surface area contributed by atoms with Gasteiger partial charge in [-0.15, -0.1) is 0 Å². The third-order valence-electron chi connectivity index (χ3n) is 13.5. The number of aliphatic carboxylic acids is 1. The Morgan fingerprint density at radius 3 is 2.28 bits per heavy atom. The number of hydrogen-bond acceptors (Lipinski definition) is 4. The topological polar surface area (TPSA) is 94.8 Å². The summed E-state index contributed by atoms with van der Waals surface area (Å²) in [6.07, 6.45) is 9.40. The minimum atomic E-state index is -0.772. The number of carbonyl (C=O) groups excluding carboxylic acids is 1. The lowest BCUT2D eigenvalue weighted by molar-refractivity contribution is -0.219. The van der Waals surface area contributed by atoms with E-state index in [4.69, 9.17) is 0 Å². The molecule has 0 heterocycles. The quantitative estimate of drug-likeness (QED) is 0.457. The third kappa shape index (κ3) is 3.02. The summed E-state index contributed by atoms with van der Waals surface area (Å²) in [6.45, 7) is 13.3. The molecule has 5 rings (SSSR count). The van der Waals surface area contributed by atoms with Crippen LogP contribution in [0, 0.1) is 50.2 Å². The highest BCUT2D eigenvalue weighted by atomic mass is 16.4. The van der Waals surface area contributed by atoms with E-state index in [2.05, 4.69) is 41.5 Å². The van der Waals surface area contributed by atoms with E-state index >= 15 is 0 Å². The monoisotopic (exact) mass is 500 g/mol. The standard InChI is InChI=1S/C31H48O5/c1-7-27(4)12-14-30(25(35)36)15-13-28(5)19(20(30)17-27)16-21(33)24-29(28,6)10-8-22-26(2,3)23(34)9-11-31(22,24)18-32/h16,20,22-24,32,34H,7-15,17-18H2,1-6H3,(H,35,36)/t20?,22?,23?,24?,27-,28+,29+,30-,31+/m0/s1. The Kier molecular flexibility index (Phi) is 5.80. The van der Waals surface area contributed by atoms with Crippen LogP contribution >= 0.6 is 0 Å². The molecule has 0 aliphatic heterocycles. The van der Waals surface area contributed by atoms with E-state index in [0.29, 0.717) is 25.7 Å². The molecule has 0 spiro atoms. The third-order valence-corrected chi connectivity index (χ3v) is 13.5. The van der Waals surface area contributed by atoms with Crippen molar-refractivity contribution in [1.82, 2.24) is 0 Å². The molecule has 4 saturated carbocycles. The van der Waals surface area contributed by atoms with Gasteiger partial charge in [0.05, 0.1) is 11.5 Å². The SMILES string of the molecule is CC[C@@]1(C)CC[C@]2(C(=O)O)CC[C@]3(C)C(=CC(=O)C4[C@@]5(CO)CCC(O)C(C)(C)C5CC[C@]43C)C2C1. The van der Waals surface area contributed by atoms with Gasteiger partial charge in [0.15, 0.2) is 5.78 Å². The van der Waals surface area contributed by atoms with Crippen molar-refractivity contribution >= 4 is 11.8 Å². The van der Waals surface area contributed by atoms with Crippen LogP contribution in [0.2, 0.25) is 0 Å². The number of rotatable bonds is 3. The molecular formula is C31H48O5. The molecule has 5 aliphatic carbocycles. The van der Waals surface area contributed by atoms with E-state index in [1.54, 1.807) is 0 Å². The van der Waals surface area contributed by atoms with Crippen LogP contribution in [0.4, 0.5) is 0 Å². The van der Waals surface area contributed by atoms with Gasteiger partial charge < -0.3 is 15.3 Å². The molecule has 0 aromatic carbocycles. The van der Waals surface area contributed by atoms with Gasteiger partial charge in [0.25, 0.3) is 0 Å². The highest BCUT2D eigenvalue weighted by Crippen LogP contribution is 2.75. The molecule has 0 saturated heterocycles. The minimum absolute atomic E-state index is 0.0323. The van der Waals surface area contributed by atoms with Crippen molar-refractivity contribution in [3.63, 3.8) is 0 Å². The molecule has 202 valence electrons. The van der Waals surface area contributed by atoms with Gasteiger partial charge in [-0.3, -0.25) is 9.59 Å². The zero-order valence-corrected chi connectivity index (χ0v) is 23.3. The van der Waals surface area contributed by atoms with Crippen LogP contribution in [0.3, 0.4) is 0 Å². The first kappa shape index (κ1) is 26.4. The van der Waals surface area contributed by atoms with Crippen LogP contribution in [-0.2, 0) is 9.59 Å². The van der Waals surface area contributed by atoms with Gasteiger partial charge in [-0.05, 0) is 97.4 Å². The van der Waals surface area contributed by atoms with E-state index in [9.17, 15) is 24.9 Å². The summed E-state index contributed by atoms with van der Waals surface area (Å²) in [4.78, 5) is 27.2. The molecule has 36 heavy (non-hydrogen) atoms. The van der Waals surface area contributed by atoms with Gasteiger partial charge in [-0.2, -0.15) is 0 Å². The smallest absolute Gasteiger partial charge is 0.310 e. The number of allylic oxidation sites excluding steroid dienone is 2. The summed E-state index contributed by atoms with van der Waals surface area (Å²) in [5.74, 6) is -0.916. The van der Waals surface area contributed by atoms with Crippen molar-refractivity contribution in [1.29, 1.82) is 0 Å². The number of hydrogen-bond donors (Lipinski definition) is 3. The Morgan fingerprint density at radius 1 is 1.00 bits per heavy atom. The summed E-state index contributed by atoms with van der Waals surface area (Å²) in [7, 11) is 0. The Morgan fingerprint density at radius 2 is 1.67 bits per heavy atom. The number of fused-ring (bicyclic) bond motifs is 7. The summed E-state index contributed by atoms with van der Waals surface area (Å²) in [5.41, 5.74) is -1.08. The molecule has 5 nitrogen and oxygen atoms in total. The van der Waals surface area contributed by atoms with Gasteiger partial charge >= 0.3 is 5.97 Å². The molecule has 0 aromatic rings. The lowest BCUT2D eigenvalue weighted by Gasteiger charge is -2.70. The number of carboxylic acid groups (broad SMARTS) is 1. The van der Waals surface area contributed by atoms with Crippen molar-refractivity contribution in [2.24, 2.45) is 50.2 Å². The molecule has 5 aliphatic rings. The maximum absolute atomic E-state index is 14.3. The van der Waals surface area contributed by atoms with Gasteiger partial charge in [-0.25, -0.2) is 0 Å². The van der Waals surface area contributed by atoms with E-state index in [1.165, 1.54) is 0 Å². The molecule has 3 N–H and O–H groups in total. The van der Waals surface area contributed by atoms with Crippen LogP contribution in [0.15, 0.2) is 11.6 Å². The highest BCUT2D eigenvalue weighted by Gasteiger charge is 2.72. The second kappa shape index (κ2) is 7.91. The summed E-state index contributed by atoms with van der Waals surface area (Å²) in [5, 5.41) is 32.5. The number of aliphatic hydroxyl groups excluding tert-OH is 2. The van der Waals surface area contributed by atoms with Crippen LogP contribution < -0.4 is 0 Å². The molecule has 5 heteroatoms. The lowest BCUT2D eigenvalue weighted by atomic mass is 9.33. The first-order chi connectivity index (χ1) is 16.7. The summed E-state index contributed by atoms with van der Waals surface area (Å²) < 4.78 is 0. The molecule has 0 radical (unpaired) electrons. The largest absolute Gasteiger partial charge is 0.481 e. The maximum Gasteiger partial charge on any atom is 0.310 e. The van der Waals surface area contributed by atoms with E-state index in [-0.39, 0.29) is 51.8 Å². The molecule has 0 amide bonds. The lowest BCUT2D eigenvalue weighted by Crippen LogP contribution is -2.68. The van der Waals surface area contributed by atoms with E-state index in [1.807, 2.05) is 6.08 Å². The first-order valence-electron chi connectivity index (χ1n) is 14.5. The van der Waals surface area contributed by atoms with E-state index in [0.717, 1.165) is 44.1 Å². The van der Waals surface area contributed by atoms with Gasteiger partial charge in [0.2, 0.25) is 0 Å². The minimum Gasteiger partial charge on any atom is -0.481 e. The average molecular weight is 501 g/mol. The molecule has 9 atom stereocenters. The number of ketones is 1. The molecule has 0 bridgehead atoms. The molecular weight excluding hydrogens is 452 g/mol. The second-order valence-electron chi connectivity index (χ2n) is 14.9. The van der Waals surface area contributed by atoms with Crippen molar-refractivity contribution in [3.05, 3.63) is 11.6 Å². The molecule has 4 fully saturated rings. The number of carbonyl (C=O) groups is 2. The van der Waals surface area contributed by atoms with Crippen molar-refractivity contribution < 1.29 is 24.9 Å². The Balaban J connectivity index is 1.67. The number of aliphatic hydroxyl groups is 2. The number of carboxylic acids is 1. The zero-order valence-electron chi connectivity index (χ0n) is 23.3. The molecule has 4 unspecified atom stereocenters. The maximum atomic E-state index is 14.3. The van der Waals surface area contributed by atoms with Crippen LogP contribution in [0.25, 0.3) is 0 Å². The van der Waals surface area contributed by atoms with Crippen LogP contribution in [0.5, 0.6) is 0 Å². The Hall–Kier alpha value is -1.20. The van der Waals surface area contributed by atoms with Crippen molar-refractivity contribution in [2.45, 2.75) is 112 Å². The first-order valence-corrected chi connectivity index (χ1v) is 14.5. The van der Waals surface area contributed by atoms with Gasteiger partial charge in [0.1, 0.15) is 0 Å². The normalized spacial score (nSPS) is 51.8. The predicted octanol–water partition coefficient (Wildman–Crippen LogP) is 5.78. The second-order valence-corrected chi connectivity index (χ2v) is 14.9. The summed E-state index contributed by atoms with van der Waals surface area (Å²) >= 11 is 0. The van der Waals surface area contributed by atoms with Crippen molar-refractivity contribution in [3.8, 4) is 0 Å². The average Bonchev–Trinajstić information content (AvgIpc) is 2.82. The fourth-order valence-electron chi connectivity index (χ4n) is 10.6. The summed E-state index contributed by atoms with van der Waals surface area (Å²) in [6, 6.07) is 0.